The Morgan fingerprint density at radius 3 is 2.72 bits per heavy atom. The van der Waals surface area contributed by atoms with Gasteiger partial charge in [0.25, 0.3) is 0 Å². The number of amides is 1. The molecule has 0 saturated carbocycles. The normalized spacial score (nSPS) is 18.9. The van der Waals surface area contributed by atoms with Crippen LogP contribution in [0, 0.1) is 5.82 Å². The Bertz CT molecular complexity index is 792. The van der Waals surface area contributed by atoms with Crippen LogP contribution in [0.5, 0.6) is 0 Å². The molecule has 0 N–H and O–H groups in total. The van der Waals surface area contributed by atoms with Crippen LogP contribution in [-0.2, 0) is 11.3 Å². The summed E-state index contributed by atoms with van der Waals surface area (Å²) in [5.41, 5.74) is 3.58. The Hall–Kier alpha value is -2.14. The van der Waals surface area contributed by atoms with Gasteiger partial charge in [-0.05, 0) is 51.1 Å². The minimum Gasteiger partial charge on any atom is -0.346 e. The van der Waals surface area contributed by atoms with Gasteiger partial charge in [0.2, 0.25) is 6.41 Å². The lowest BCUT2D eigenvalue weighted by Crippen LogP contribution is -2.41. The molecule has 2 aliphatic heterocycles. The smallest absolute Gasteiger partial charge is 0.209 e. The van der Waals surface area contributed by atoms with E-state index in [0.29, 0.717) is 6.04 Å². The van der Waals surface area contributed by atoms with E-state index in [2.05, 4.69) is 28.8 Å². The highest BCUT2D eigenvalue weighted by Gasteiger charge is 2.30. The van der Waals surface area contributed by atoms with Gasteiger partial charge in [-0.1, -0.05) is 6.08 Å². The van der Waals surface area contributed by atoms with Crippen LogP contribution in [-0.4, -0.2) is 53.5 Å². The summed E-state index contributed by atoms with van der Waals surface area (Å²) in [4.78, 5) is 14.0. The summed E-state index contributed by atoms with van der Waals surface area (Å²) in [7, 11) is 2.16. The molecule has 1 unspecified atom stereocenters. The first-order valence-corrected chi connectivity index (χ1v) is 8.97. The number of nitrogens with zero attached hydrogens (tertiary/aromatic N) is 3. The number of hydrogen-bond donors (Lipinski definition) is 0. The lowest BCUT2D eigenvalue weighted by molar-refractivity contribution is -0.117. The molecule has 1 amide bonds. The first-order valence-electron chi connectivity index (χ1n) is 8.97. The number of aromatic nitrogens is 1. The van der Waals surface area contributed by atoms with E-state index >= 15 is 0 Å². The minimum absolute atomic E-state index is 0.134. The van der Waals surface area contributed by atoms with Gasteiger partial charge in [-0.15, -0.1) is 0 Å². The summed E-state index contributed by atoms with van der Waals surface area (Å²) in [6, 6.07) is 5.72. The minimum atomic E-state index is -0.134. The average Bonchev–Trinajstić information content (AvgIpc) is 3.01. The SMILES string of the molecule is CCN(C=O)CC.CN1CCC=C2c3cc(F)cc4ccn(c34)CC21. The molecule has 0 fully saturated rings. The molecule has 1 aromatic heterocycles. The van der Waals surface area contributed by atoms with Crippen LogP contribution in [0.3, 0.4) is 0 Å². The Labute approximate surface area is 148 Å². The van der Waals surface area contributed by atoms with Crippen molar-refractivity contribution in [1.82, 2.24) is 14.4 Å². The molecule has 0 radical (unpaired) electrons. The molecular formula is C20H26FN3O. The fourth-order valence-electron chi connectivity index (χ4n) is 3.72. The van der Waals surface area contributed by atoms with Gasteiger partial charge in [0.15, 0.2) is 0 Å². The van der Waals surface area contributed by atoms with Crippen molar-refractivity contribution in [3.8, 4) is 0 Å². The van der Waals surface area contributed by atoms with Crippen LogP contribution in [0.25, 0.3) is 16.5 Å². The van der Waals surface area contributed by atoms with Crippen LogP contribution in [0.15, 0.2) is 30.5 Å². The molecule has 4 rings (SSSR count). The van der Waals surface area contributed by atoms with Crippen LogP contribution in [0.2, 0.25) is 0 Å². The third-order valence-corrected chi connectivity index (χ3v) is 5.20. The third-order valence-electron chi connectivity index (χ3n) is 5.20. The van der Waals surface area contributed by atoms with Crippen LogP contribution >= 0.6 is 0 Å². The molecule has 0 saturated heterocycles. The van der Waals surface area contributed by atoms with Crippen molar-refractivity contribution in [2.45, 2.75) is 32.9 Å². The number of carbonyl (C=O) groups is 1. The third kappa shape index (κ3) is 3.33. The Balaban J connectivity index is 0.000000225. The number of fused-ring (bicyclic) bond motifs is 2. The van der Waals surface area contributed by atoms with Gasteiger partial charge in [0.05, 0.1) is 11.6 Å². The number of rotatable bonds is 3. The molecule has 134 valence electrons. The second kappa shape index (κ2) is 7.40. The fraction of sp³-hybridized carbons (Fsp3) is 0.450. The van der Waals surface area contributed by atoms with Crippen LogP contribution in [0.4, 0.5) is 4.39 Å². The summed E-state index contributed by atoms with van der Waals surface area (Å²) < 4.78 is 16.0. The highest BCUT2D eigenvalue weighted by atomic mass is 19.1. The van der Waals surface area contributed by atoms with Gasteiger partial charge in [-0.2, -0.15) is 0 Å². The second-order valence-corrected chi connectivity index (χ2v) is 6.63. The Morgan fingerprint density at radius 1 is 1.32 bits per heavy atom. The number of halogens is 1. The van der Waals surface area contributed by atoms with Crippen molar-refractivity contribution < 1.29 is 9.18 Å². The monoisotopic (exact) mass is 343 g/mol. The predicted octanol–water partition coefficient (Wildman–Crippen LogP) is 3.37. The zero-order valence-corrected chi connectivity index (χ0v) is 15.2. The highest BCUT2D eigenvalue weighted by Crippen LogP contribution is 2.37. The van der Waals surface area contributed by atoms with Crippen molar-refractivity contribution in [1.29, 1.82) is 0 Å². The predicted molar refractivity (Wildman–Crippen MR) is 99.9 cm³/mol. The Kier molecular flexibility index (Phi) is 5.23. The molecule has 5 heteroatoms. The molecule has 1 aromatic carbocycles. The maximum absolute atomic E-state index is 13.7. The number of benzene rings is 1. The van der Waals surface area contributed by atoms with E-state index in [4.69, 9.17) is 0 Å². The largest absolute Gasteiger partial charge is 0.346 e. The molecule has 2 aromatic rings. The standard InChI is InChI=1S/C15H15FN2.C5H11NO/c1-17-5-2-3-12-13-8-11(16)7-10-4-6-18(15(10)13)9-14(12)17;1-3-6(4-2)5-7/h3-4,6-8,14H,2,5,9H2,1H3;5H,3-4H2,1-2H3. The number of hydrogen-bond acceptors (Lipinski definition) is 2. The maximum atomic E-state index is 13.7. The maximum Gasteiger partial charge on any atom is 0.209 e. The lowest BCUT2D eigenvalue weighted by Gasteiger charge is -2.37. The van der Waals surface area contributed by atoms with Crippen molar-refractivity contribution in [3.63, 3.8) is 0 Å². The molecule has 0 spiro atoms. The first kappa shape index (κ1) is 17.7. The van der Waals surface area contributed by atoms with Crippen LogP contribution < -0.4 is 0 Å². The number of likely N-dealkylation sites (N-methyl/N-ethyl adjacent to an activating group) is 1. The summed E-state index contributed by atoms with van der Waals surface area (Å²) >= 11 is 0. The van der Waals surface area contributed by atoms with E-state index in [1.807, 2.05) is 19.9 Å². The van der Waals surface area contributed by atoms with Crippen molar-refractivity contribution in [3.05, 3.63) is 41.9 Å². The molecule has 3 heterocycles. The Morgan fingerprint density at radius 2 is 2.08 bits per heavy atom. The second-order valence-electron chi connectivity index (χ2n) is 6.63. The van der Waals surface area contributed by atoms with Crippen molar-refractivity contribution in [2.75, 3.05) is 26.7 Å². The molecule has 0 bridgehead atoms. The van der Waals surface area contributed by atoms with E-state index in [9.17, 15) is 9.18 Å². The summed E-state index contributed by atoms with van der Waals surface area (Å²) in [5, 5.41) is 1.01. The van der Waals surface area contributed by atoms with E-state index in [1.54, 1.807) is 17.0 Å². The van der Waals surface area contributed by atoms with Gasteiger partial charge in [0, 0.05) is 43.3 Å². The van der Waals surface area contributed by atoms with Crippen molar-refractivity contribution >= 4 is 22.9 Å². The molecule has 25 heavy (non-hydrogen) atoms. The van der Waals surface area contributed by atoms with E-state index in [1.165, 1.54) is 11.1 Å². The van der Waals surface area contributed by atoms with Gasteiger partial charge >= 0.3 is 0 Å². The molecule has 1 atom stereocenters. The first-order chi connectivity index (χ1) is 12.1. The highest BCUT2D eigenvalue weighted by molar-refractivity contribution is 5.94. The zero-order chi connectivity index (χ0) is 18.0. The molecule has 2 aliphatic rings. The topological polar surface area (TPSA) is 28.5 Å². The van der Waals surface area contributed by atoms with Crippen LogP contribution in [0.1, 0.15) is 25.8 Å². The summed E-state index contributed by atoms with van der Waals surface area (Å²) in [6.45, 7) is 7.61. The molecular weight excluding hydrogens is 317 g/mol. The zero-order valence-electron chi connectivity index (χ0n) is 15.2. The lowest BCUT2D eigenvalue weighted by atomic mass is 9.89. The van der Waals surface area contributed by atoms with E-state index in [0.717, 1.165) is 50.0 Å². The van der Waals surface area contributed by atoms with Gasteiger partial charge in [0.1, 0.15) is 5.82 Å². The van der Waals surface area contributed by atoms with Gasteiger partial charge in [-0.25, -0.2) is 4.39 Å². The average molecular weight is 343 g/mol. The fourth-order valence-corrected chi connectivity index (χ4v) is 3.72. The van der Waals surface area contributed by atoms with E-state index < -0.39 is 0 Å². The van der Waals surface area contributed by atoms with Gasteiger partial charge < -0.3 is 9.47 Å². The van der Waals surface area contributed by atoms with E-state index in [-0.39, 0.29) is 5.82 Å². The summed E-state index contributed by atoms with van der Waals surface area (Å²) in [5.74, 6) is -0.134. The van der Waals surface area contributed by atoms with Gasteiger partial charge in [-0.3, -0.25) is 9.69 Å². The molecule has 4 nitrogen and oxygen atoms in total. The molecule has 0 aliphatic carbocycles. The van der Waals surface area contributed by atoms with Crippen molar-refractivity contribution in [2.24, 2.45) is 0 Å². The quantitative estimate of drug-likeness (QED) is 0.800. The summed E-state index contributed by atoms with van der Waals surface area (Å²) in [6.07, 6.45) is 6.28. The number of carbonyl (C=O) groups excluding carboxylic acids is 1.